The summed E-state index contributed by atoms with van der Waals surface area (Å²) >= 11 is 0. The Hall–Kier alpha value is -2.39. The maximum atomic E-state index is 9.63. The summed E-state index contributed by atoms with van der Waals surface area (Å²) in [4.78, 5) is 2.67. The van der Waals surface area contributed by atoms with Gasteiger partial charge in [0, 0.05) is 29.4 Å². The molecule has 5 heteroatoms. The van der Waals surface area contributed by atoms with E-state index in [2.05, 4.69) is 10.0 Å². The van der Waals surface area contributed by atoms with Gasteiger partial charge in [-0.15, -0.1) is 0 Å². The Morgan fingerprint density at radius 1 is 1.24 bits per heavy atom. The Morgan fingerprint density at radius 3 is 2.71 bits per heavy atom. The van der Waals surface area contributed by atoms with Crippen molar-refractivity contribution < 1.29 is 5.11 Å². The lowest BCUT2D eigenvalue weighted by molar-refractivity contribution is 0.468. The average molecular weight is 228 g/mol. The second kappa shape index (κ2) is 5.09. The van der Waals surface area contributed by atoms with Crippen molar-refractivity contribution in [2.75, 3.05) is 0 Å². The highest BCUT2D eigenvalue weighted by atomic mass is 16.3. The van der Waals surface area contributed by atoms with E-state index in [9.17, 15) is 5.11 Å². The lowest BCUT2D eigenvalue weighted by Gasteiger charge is -2.01. The third-order valence-electron chi connectivity index (χ3n) is 2.45. The number of rotatable bonds is 4. The molecule has 0 aliphatic heterocycles. The molecule has 0 unspecified atom stereocenters. The first kappa shape index (κ1) is 11.1. The second-order valence-electron chi connectivity index (χ2n) is 3.72. The van der Waals surface area contributed by atoms with E-state index in [4.69, 9.17) is 5.53 Å². The largest absolute Gasteiger partial charge is 0.506 e. The zero-order chi connectivity index (χ0) is 12.1. The molecule has 5 nitrogen and oxygen atoms in total. The van der Waals surface area contributed by atoms with Crippen molar-refractivity contribution in [3.63, 3.8) is 0 Å². The van der Waals surface area contributed by atoms with Crippen molar-refractivity contribution in [2.45, 2.75) is 13.1 Å². The lowest BCUT2D eigenvalue weighted by Crippen LogP contribution is -1.95. The number of hydrogen-bond acceptors (Lipinski definition) is 2. The number of benzene rings is 1. The highest BCUT2D eigenvalue weighted by molar-refractivity contribution is 5.30. The number of aromatic nitrogens is 1. The molecule has 2 rings (SSSR count). The van der Waals surface area contributed by atoms with Gasteiger partial charge < -0.3 is 9.67 Å². The molecule has 0 aliphatic rings. The zero-order valence-corrected chi connectivity index (χ0v) is 9.19. The Balaban J connectivity index is 2.15. The van der Waals surface area contributed by atoms with E-state index < -0.39 is 0 Å². The maximum Gasteiger partial charge on any atom is 0.136 e. The van der Waals surface area contributed by atoms with E-state index >= 15 is 0 Å². The minimum Gasteiger partial charge on any atom is -0.506 e. The highest BCUT2D eigenvalue weighted by Gasteiger charge is 2.04. The van der Waals surface area contributed by atoms with E-state index in [0.29, 0.717) is 12.1 Å². The number of aromatic hydroxyl groups is 1. The quantitative estimate of drug-likeness (QED) is 0.487. The molecule has 1 heterocycles. The van der Waals surface area contributed by atoms with Gasteiger partial charge in [0.25, 0.3) is 0 Å². The Kier molecular flexibility index (Phi) is 3.33. The Bertz CT molecular complexity index is 541. The molecule has 1 aromatic carbocycles. The summed E-state index contributed by atoms with van der Waals surface area (Å²) in [6.07, 6.45) is 3.42. The standard InChI is InChI=1S/C12H12N4O/c13-15-14-6-11-8-16(9-12(11)17)7-10-4-2-1-3-5-10/h1-5,8-9,17H,6-7H2. The fourth-order valence-corrected chi connectivity index (χ4v) is 1.66. The third-order valence-corrected chi connectivity index (χ3v) is 2.45. The predicted octanol–water partition coefficient (Wildman–Crippen LogP) is 3.05. The minimum atomic E-state index is 0.160. The van der Waals surface area contributed by atoms with Gasteiger partial charge in [0.2, 0.25) is 0 Å². The number of hydrogen-bond donors (Lipinski definition) is 1. The summed E-state index contributed by atoms with van der Waals surface area (Å²) < 4.78 is 1.87. The van der Waals surface area contributed by atoms with Crippen LogP contribution in [-0.4, -0.2) is 9.67 Å². The van der Waals surface area contributed by atoms with Crippen LogP contribution in [-0.2, 0) is 13.1 Å². The first-order valence-electron chi connectivity index (χ1n) is 5.22. The molecule has 0 spiro atoms. The van der Waals surface area contributed by atoms with Crippen LogP contribution in [0.3, 0.4) is 0 Å². The van der Waals surface area contributed by atoms with Crippen LogP contribution in [0.1, 0.15) is 11.1 Å². The van der Waals surface area contributed by atoms with Gasteiger partial charge in [0.1, 0.15) is 5.75 Å². The van der Waals surface area contributed by atoms with Gasteiger partial charge in [-0.1, -0.05) is 35.4 Å². The molecule has 0 fully saturated rings. The molecule has 86 valence electrons. The second-order valence-corrected chi connectivity index (χ2v) is 3.72. The summed E-state index contributed by atoms with van der Waals surface area (Å²) in [5.74, 6) is 0.160. The molecule has 0 amide bonds. The van der Waals surface area contributed by atoms with Crippen LogP contribution in [0.2, 0.25) is 0 Å². The molecule has 2 aromatic rings. The van der Waals surface area contributed by atoms with Crippen molar-refractivity contribution in [1.29, 1.82) is 0 Å². The summed E-state index contributed by atoms with van der Waals surface area (Å²) in [5.41, 5.74) is 10.0. The van der Waals surface area contributed by atoms with Crippen LogP contribution in [0.4, 0.5) is 0 Å². The molecule has 0 bridgehead atoms. The van der Waals surface area contributed by atoms with Crippen molar-refractivity contribution in [3.8, 4) is 5.75 Å². The van der Waals surface area contributed by atoms with Gasteiger partial charge >= 0.3 is 0 Å². The van der Waals surface area contributed by atoms with Gasteiger partial charge in [-0.25, -0.2) is 0 Å². The molecular weight excluding hydrogens is 216 g/mol. The van der Waals surface area contributed by atoms with Gasteiger partial charge in [-0.05, 0) is 11.1 Å². The normalized spacial score (nSPS) is 9.88. The fraction of sp³-hybridized carbons (Fsp3) is 0.167. The van der Waals surface area contributed by atoms with Crippen LogP contribution in [0.5, 0.6) is 5.75 Å². The predicted molar refractivity (Wildman–Crippen MR) is 64.5 cm³/mol. The maximum absolute atomic E-state index is 9.63. The Morgan fingerprint density at radius 2 is 2.00 bits per heavy atom. The Labute approximate surface area is 98.6 Å². The van der Waals surface area contributed by atoms with Gasteiger partial charge in [-0.2, -0.15) is 0 Å². The first-order chi connectivity index (χ1) is 8.29. The van der Waals surface area contributed by atoms with E-state index in [0.717, 1.165) is 5.56 Å². The van der Waals surface area contributed by atoms with Gasteiger partial charge in [0.05, 0.1) is 6.54 Å². The summed E-state index contributed by atoms with van der Waals surface area (Å²) in [7, 11) is 0. The van der Waals surface area contributed by atoms with Crippen LogP contribution in [0, 0.1) is 0 Å². The van der Waals surface area contributed by atoms with Gasteiger partial charge in [0.15, 0.2) is 0 Å². The minimum absolute atomic E-state index is 0.160. The lowest BCUT2D eigenvalue weighted by atomic mass is 10.2. The molecule has 1 aromatic heterocycles. The number of azide groups is 1. The summed E-state index contributed by atoms with van der Waals surface area (Å²) in [6.45, 7) is 0.856. The molecule has 17 heavy (non-hydrogen) atoms. The van der Waals surface area contributed by atoms with Crippen molar-refractivity contribution in [3.05, 3.63) is 64.3 Å². The van der Waals surface area contributed by atoms with E-state index in [1.807, 2.05) is 34.9 Å². The highest BCUT2D eigenvalue weighted by Crippen LogP contribution is 2.19. The van der Waals surface area contributed by atoms with Crippen molar-refractivity contribution >= 4 is 0 Å². The van der Waals surface area contributed by atoms with Crippen LogP contribution >= 0.6 is 0 Å². The van der Waals surface area contributed by atoms with E-state index in [1.54, 1.807) is 12.4 Å². The summed E-state index contributed by atoms with van der Waals surface area (Å²) in [6, 6.07) is 9.94. The smallest absolute Gasteiger partial charge is 0.136 e. The SMILES string of the molecule is [N-]=[N+]=NCc1cn(Cc2ccccc2)cc1O. The molecule has 0 atom stereocenters. The van der Waals surface area contributed by atoms with Gasteiger partial charge in [-0.3, -0.25) is 0 Å². The van der Waals surface area contributed by atoms with E-state index in [-0.39, 0.29) is 12.3 Å². The molecule has 0 saturated heterocycles. The van der Waals surface area contributed by atoms with Crippen molar-refractivity contribution in [2.24, 2.45) is 5.11 Å². The third kappa shape index (κ3) is 2.80. The molecule has 0 radical (unpaired) electrons. The first-order valence-corrected chi connectivity index (χ1v) is 5.22. The summed E-state index contributed by atoms with van der Waals surface area (Å²) in [5, 5.41) is 13.1. The average Bonchev–Trinajstić information content (AvgIpc) is 2.68. The number of nitrogens with zero attached hydrogens (tertiary/aromatic N) is 4. The van der Waals surface area contributed by atoms with Crippen LogP contribution < -0.4 is 0 Å². The van der Waals surface area contributed by atoms with Crippen molar-refractivity contribution in [1.82, 2.24) is 4.57 Å². The molecule has 1 N–H and O–H groups in total. The van der Waals surface area contributed by atoms with E-state index in [1.165, 1.54) is 0 Å². The van der Waals surface area contributed by atoms with Crippen LogP contribution in [0.25, 0.3) is 10.4 Å². The fourth-order valence-electron chi connectivity index (χ4n) is 1.66. The van der Waals surface area contributed by atoms with Crippen LogP contribution in [0.15, 0.2) is 47.8 Å². The monoisotopic (exact) mass is 228 g/mol. The topological polar surface area (TPSA) is 73.9 Å². The molecular formula is C12H12N4O. The molecule has 0 saturated carbocycles. The molecule has 0 aliphatic carbocycles. The zero-order valence-electron chi connectivity index (χ0n) is 9.19.